The summed E-state index contributed by atoms with van der Waals surface area (Å²) in [7, 11) is 0. The molecule has 0 spiro atoms. The van der Waals surface area contributed by atoms with Crippen molar-refractivity contribution >= 4 is 0 Å². The molecule has 7 rings (SSSR count). The fraction of sp³-hybridized carbons (Fsp3) is 0.591. The molecule has 2 N–H and O–H groups in total. The Balaban J connectivity index is 1.35. The number of imidazole rings is 1. The maximum atomic E-state index is 14.7. The first-order chi connectivity index (χ1) is 13.1. The summed E-state index contributed by atoms with van der Waals surface area (Å²) in [6, 6.07) is 5.00. The zero-order chi connectivity index (χ0) is 18.3. The number of aromatic nitrogens is 2. The summed E-state index contributed by atoms with van der Waals surface area (Å²) in [6.45, 7) is 0. The van der Waals surface area contributed by atoms with Crippen molar-refractivity contribution in [3.8, 4) is 11.3 Å². The lowest BCUT2D eigenvalue weighted by molar-refractivity contribution is -0.173. The Labute approximate surface area is 158 Å². The molecule has 0 saturated heterocycles. The number of aliphatic hydroxyl groups is 2. The van der Waals surface area contributed by atoms with E-state index in [9.17, 15) is 14.6 Å². The van der Waals surface area contributed by atoms with E-state index in [0.29, 0.717) is 29.7 Å². The van der Waals surface area contributed by atoms with Gasteiger partial charge in [0.25, 0.3) is 0 Å². The molecular weight excluding hydrogens is 343 g/mol. The van der Waals surface area contributed by atoms with Gasteiger partial charge in [-0.05, 0) is 67.8 Å². The van der Waals surface area contributed by atoms with Gasteiger partial charge in [0.15, 0.2) is 0 Å². The molecule has 1 aromatic carbocycles. The highest BCUT2D eigenvalue weighted by Crippen LogP contribution is 2.62. The minimum atomic E-state index is -0.482. The average Bonchev–Trinajstić information content (AvgIpc) is 3.22. The third-order valence-electron chi connectivity index (χ3n) is 8.09. The molecule has 4 fully saturated rings. The van der Waals surface area contributed by atoms with Crippen LogP contribution in [0.4, 0.5) is 4.39 Å². The van der Waals surface area contributed by atoms with E-state index in [2.05, 4.69) is 4.98 Å². The van der Waals surface area contributed by atoms with Crippen molar-refractivity contribution in [3.63, 3.8) is 0 Å². The number of halogens is 1. The molecule has 0 amide bonds. The Morgan fingerprint density at radius 2 is 2.00 bits per heavy atom. The highest BCUT2D eigenvalue weighted by atomic mass is 19.1. The van der Waals surface area contributed by atoms with Crippen LogP contribution < -0.4 is 0 Å². The van der Waals surface area contributed by atoms with Gasteiger partial charge in [0.05, 0.1) is 36.5 Å². The van der Waals surface area contributed by atoms with E-state index in [0.717, 1.165) is 43.4 Å². The van der Waals surface area contributed by atoms with Gasteiger partial charge in [-0.25, -0.2) is 9.37 Å². The molecule has 5 heteroatoms. The Morgan fingerprint density at radius 3 is 2.78 bits per heavy atom. The van der Waals surface area contributed by atoms with Gasteiger partial charge in [-0.2, -0.15) is 0 Å². The number of hydrogen-bond acceptors (Lipinski definition) is 3. The van der Waals surface area contributed by atoms with E-state index in [1.165, 1.54) is 6.07 Å². The fourth-order valence-corrected chi connectivity index (χ4v) is 7.16. The summed E-state index contributed by atoms with van der Waals surface area (Å²) in [5.74, 6) is 1.11. The predicted molar refractivity (Wildman–Crippen MR) is 98.4 cm³/mol. The van der Waals surface area contributed by atoms with E-state index in [4.69, 9.17) is 0 Å². The maximum Gasteiger partial charge on any atom is 0.129 e. The Hall–Kier alpha value is -1.72. The number of nitrogens with zero attached hydrogens (tertiary/aromatic N) is 2. The molecule has 5 aliphatic rings. The lowest BCUT2D eigenvalue weighted by Gasteiger charge is -2.60. The summed E-state index contributed by atoms with van der Waals surface area (Å²) in [5, 5.41) is 21.9. The highest BCUT2D eigenvalue weighted by Gasteiger charge is 2.57. The lowest BCUT2D eigenvalue weighted by Crippen LogP contribution is -2.57. The van der Waals surface area contributed by atoms with Gasteiger partial charge in [-0.1, -0.05) is 12.1 Å². The summed E-state index contributed by atoms with van der Waals surface area (Å²) in [6.07, 6.45) is 8.49. The maximum absolute atomic E-state index is 14.7. The summed E-state index contributed by atoms with van der Waals surface area (Å²) >= 11 is 0. The lowest BCUT2D eigenvalue weighted by atomic mass is 9.47. The molecule has 142 valence electrons. The normalized spacial score (nSPS) is 39.4. The van der Waals surface area contributed by atoms with Crippen LogP contribution in [0, 0.1) is 29.0 Å². The van der Waals surface area contributed by atoms with Gasteiger partial charge in [0.2, 0.25) is 0 Å². The van der Waals surface area contributed by atoms with Crippen molar-refractivity contribution in [1.82, 2.24) is 9.55 Å². The van der Waals surface area contributed by atoms with Gasteiger partial charge in [0.1, 0.15) is 5.82 Å². The van der Waals surface area contributed by atoms with E-state index in [1.807, 2.05) is 10.6 Å². The number of rotatable bonds is 3. The molecule has 0 radical (unpaired) electrons. The third-order valence-corrected chi connectivity index (χ3v) is 8.09. The monoisotopic (exact) mass is 368 g/mol. The Morgan fingerprint density at radius 1 is 1.22 bits per heavy atom. The van der Waals surface area contributed by atoms with Crippen molar-refractivity contribution in [2.24, 2.45) is 23.2 Å². The smallest absolute Gasteiger partial charge is 0.129 e. The minimum absolute atomic E-state index is 0.107. The predicted octanol–water partition coefficient (Wildman–Crippen LogP) is 3.53. The van der Waals surface area contributed by atoms with Crippen molar-refractivity contribution in [1.29, 1.82) is 0 Å². The van der Waals surface area contributed by atoms with Gasteiger partial charge in [-0.3, -0.25) is 0 Å². The van der Waals surface area contributed by atoms with Crippen LogP contribution in [0.15, 0.2) is 30.7 Å². The highest BCUT2D eigenvalue weighted by molar-refractivity contribution is 5.69. The Kier molecular flexibility index (Phi) is 3.26. The van der Waals surface area contributed by atoms with Crippen LogP contribution in [-0.4, -0.2) is 32.0 Å². The first-order valence-corrected chi connectivity index (χ1v) is 10.2. The van der Waals surface area contributed by atoms with Gasteiger partial charge < -0.3 is 14.8 Å². The van der Waals surface area contributed by atoms with Crippen molar-refractivity contribution in [3.05, 3.63) is 42.1 Å². The number of hydrogen-bond donors (Lipinski definition) is 2. The van der Waals surface area contributed by atoms with Crippen molar-refractivity contribution < 1.29 is 14.6 Å². The van der Waals surface area contributed by atoms with Crippen LogP contribution in [0.5, 0.6) is 0 Å². The summed E-state index contributed by atoms with van der Waals surface area (Å²) < 4.78 is 16.7. The molecule has 1 aliphatic heterocycles. The minimum Gasteiger partial charge on any atom is -0.393 e. The van der Waals surface area contributed by atoms with Crippen molar-refractivity contribution in [2.75, 3.05) is 0 Å². The zero-order valence-electron chi connectivity index (χ0n) is 15.3. The van der Waals surface area contributed by atoms with E-state index in [1.54, 1.807) is 18.6 Å². The van der Waals surface area contributed by atoms with Crippen LogP contribution >= 0.6 is 0 Å². The molecule has 2 heterocycles. The molecule has 4 nitrogen and oxygen atoms in total. The first-order valence-electron chi connectivity index (χ1n) is 10.2. The molecule has 2 aromatic rings. The van der Waals surface area contributed by atoms with E-state index < -0.39 is 6.10 Å². The molecule has 4 atom stereocenters. The van der Waals surface area contributed by atoms with E-state index >= 15 is 0 Å². The quantitative estimate of drug-likeness (QED) is 0.871. The second-order valence-corrected chi connectivity index (χ2v) is 9.48. The van der Waals surface area contributed by atoms with Gasteiger partial charge in [0, 0.05) is 11.1 Å². The van der Waals surface area contributed by atoms with Gasteiger partial charge >= 0.3 is 0 Å². The van der Waals surface area contributed by atoms with Crippen LogP contribution in [0.25, 0.3) is 11.3 Å². The fourth-order valence-electron chi connectivity index (χ4n) is 7.16. The number of aliphatic hydroxyl groups excluding tert-OH is 2. The molecule has 1 aromatic heterocycles. The van der Waals surface area contributed by atoms with Crippen LogP contribution in [0.3, 0.4) is 0 Å². The molecule has 4 saturated carbocycles. The summed E-state index contributed by atoms with van der Waals surface area (Å²) in [4.78, 5) is 4.26. The number of fused-ring (bicyclic) bond motifs is 3. The second kappa shape index (κ2) is 5.42. The molecule has 3 unspecified atom stereocenters. The summed E-state index contributed by atoms with van der Waals surface area (Å²) in [5.41, 5.74) is 2.41. The standard InChI is InChI=1S/C22H25FN2O2/c23-16-3-1-2-15-18-10-24-11-25(18)17(20(15)16)6-19(26)22-7-12-4-13(8-22)21(27)14(5-12)9-22/h1-3,10-14,17,19,21,26-27H,4-9H2/t12?,13?,14?,17?,19-,21?,22?/m1/s1. The zero-order valence-corrected chi connectivity index (χ0v) is 15.3. The first kappa shape index (κ1) is 16.3. The van der Waals surface area contributed by atoms with E-state index in [-0.39, 0.29) is 23.4 Å². The largest absolute Gasteiger partial charge is 0.393 e. The molecule has 4 aliphatic carbocycles. The second-order valence-electron chi connectivity index (χ2n) is 9.48. The topological polar surface area (TPSA) is 58.3 Å². The molecule has 4 bridgehead atoms. The van der Waals surface area contributed by atoms with Crippen LogP contribution in [0.1, 0.15) is 50.1 Å². The van der Waals surface area contributed by atoms with Gasteiger partial charge in [-0.15, -0.1) is 0 Å². The average molecular weight is 368 g/mol. The number of benzene rings is 1. The van der Waals surface area contributed by atoms with Crippen LogP contribution in [0.2, 0.25) is 0 Å². The Bertz CT molecular complexity index is 893. The van der Waals surface area contributed by atoms with Crippen LogP contribution in [-0.2, 0) is 0 Å². The SMILES string of the molecule is OC1C2CC3CC1CC([C@H](O)CC1c4c(F)cccc4-c4cncn41)(C3)C2. The molecule has 27 heavy (non-hydrogen) atoms. The molecular formula is C22H25FN2O2. The third kappa shape index (κ3) is 2.13. The van der Waals surface area contributed by atoms with Crippen molar-refractivity contribution in [2.45, 2.75) is 56.8 Å².